The van der Waals surface area contributed by atoms with Crippen molar-refractivity contribution in [3.8, 4) is 0 Å². The number of aromatic nitrogens is 3. The summed E-state index contributed by atoms with van der Waals surface area (Å²) in [5, 5.41) is 15.6. The Morgan fingerprint density at radius 2 is 2.19 bits per heavy atom. The molecular formula is C13H15N5O3. The molecule has 0 spiro atoms. The zero-order valence-electron chi connectivity index (χ0n) is 11.6. The van der Waals surface area contributed by atoms with Crippen LogP contribution in [0.4, 0.5) is 10.5 Å². The Hall–Kier alpha value is -2.90. The van der Waals surface area contributed by atoms with Gasteiger partial charge in [-0.3, -0.25) is 14.6 Å². The Morgan fingerprint density at radius 3 is 2.71 bits per heavy atom. The maximum absolute atomic E-state index is 12.1. The summed E-state index contributed by atoms with van der Waals surface area (Å²) in [4.78, 5) is 28.7. The van der Waals surface area contributed by atoms with Crippen LogP contribution in [0.5, 0.6) is 0 Å². The van der Waals surface area contributed by atoms with Crippen molar-refractivity contribution in [2.24, 2.45) is 7.05 Å². The Kier molecular flexibility index (Phi) is 4.17. The lowest BCUT2D eigenvalue weighted by Crippen LogP contribution is -2.42. The molecule has 21 heavy (non-hydrogen) atoms. The Morgan fingerprint density at radius 1 is 1.43 bits per heavy atom. The molecule has 1 atom stereocenters. The highest BCUT2D eigenvalue weighted by molar-refractivity contribution is 5.94. The van der Waals surface area contributed by atoms with Crippen molar-refractivity contribution in [3.05, 3.63) is 42.5 Å². The van der Waals surface area contributed by atoms with Crippen LogP contribution in [0.3, 0.4) is 0 Å². The zero-order valence-corrected chi connectivity index (χ0v) is 11.6. The van der Waals surface area contributed by atoms with E-state index in [-0.39, 0.29) is 0 Å². The molecule has 0 radical (unpaired) electrons. The van der Waals surface area contributed by atoms with Gasteiger partial charge in [0.25, 0.3) is 0 Å². The van der Waals surface area contributed by atoms with Crippen LogP contribution in [-0.4, -0.2) is 38.9 Å². The predicted molar refractivity (Wildman–Crippen MR) is 74.8 cm³/mol. The average Bonchev–Trinajstić information content (AvgIpc) is 2.90. The van der Waals surface area contributed by atoms with Gasteiger partial charge in [0.2, 0.25) is 0 Å². The smallest absolute Gasteiger partial charge is 0.331 e. The second-order valence-corrected chi connectivity index (χ2v) is 4.44. The van der Waals surface area contributed by atoms with Crippen molar-refractivity contribution in [3.63, 3.8) is 0 Å². The molecule has 0 fully saturated rings. The van der Waals surface area contributed by atoms with Crippen LogP contribution in [0.2, 0.25) is 0 Å². The normalized spacial score (nSPS) is 11.7. The van der Waals surface area contributed by atoms with Crippen molar-refractivity contribution in [2.75, 3.05) is 11.9 Å². The quantitative estimate of drug-likeness (QED) is 0.866. The third-order valence-electron chi connectivity index (χ3n) is 2.91. The Bertz CT molecular complexity index is 640. The molecule has 0 aromatic carbocycles. The first-order chi connectivity index (χ1) is 9.99. The van der Waals surface area contributed by atoms with Crippen molar-refractivity contribution in [2.45, 2.75) is 6.04 Å². The maximum atomic E-state index is 12.1. The third-order valence-corrected chi connectivity index (χ3v) is 2.91. The highest BCUT2D eigenvalue weighted by Gasteiger charge is 2.25. The molecule has 2 heterocycles. The summed E-state index contributed by atoms with van der Waals surface area (Å²) >= 11 is 0. The van der Waals surface area contributed by atoms with E-state index in [9.17, 15) is 14.7 Å². The number of aryl methyl sites for hydroxylation is 1. The number of carboxylic acids is 1. The van der Waals surface area contributed by atoms with Gasteiger partial charge in [-0.15, -0.1) is 0 Å². The molecule has 0 bridgehead atoms. The third kappa shape index (κ3) is 3.35. The van der Waals surface area contributed by atoms with E-state index >= 15 is 0 Å². The molecule has 2 N–H and O–H groups in total. The SMILES string of the molecule is CN(C(=O)NC(C(=O)O)c1cnn(C)c1)c1cccnc1. The lowest BCUT2D eigenvalue weighted by atomic mass is 10.1. The summed E-state index contributed by atoms with van der Waals surface area (Å²) in [6, 6.07) is 1.69. The summed E-state index contributed by atoms with van der Waals surface area (Å²) in [5.41, 5.74) is 0.961. The number of pyridine rings is 1. The molecule has 1 unspecified atom stereocenters. The molecule has 0 aliphatic rings. The standard InChI is InChI=1S/C13H15N5O3/c1-17-8-9(6-15-17)11(12(19)20)16-13(21)18(2)10-4-3-5-14-7-10/h3-8,11H,1-2H3,(H,16,21)(H,19,20). The first-order valence-corrected chi connectivity index (χ1v) is 6.14. The van der Waals surface area contributed by atoms with Crippen LogP contribution < -0.4 is 10.2 Å². The molecule has 2 amide bonds. The van der Waals surface area contributed by atoms with Gasteiger partial charge in [0.1, 0.15) is 0 Å². The predicted octanol–water partition coefficient (Wildman–Crippen LogP) is 0.787. The second kappa shape index (κ2) is 6.04. The number of amides is 2. The lowest BCUT2D eigenvalue weighted by molar-refractivity contribution is -0.139. The van der Waals surface area contributed by atoms with Gasteiger partial charge in [-0.1, -0.05) is 0 Å². The molecule has 8 nitrogen and oxygen atoms in total. The van der Waals surface area contributed by atoms with Gasteiger partial charge in [-0.25, -0.2) is 9.59 Å². The van der Waals surface area contributed by atoms with Crippen LogP contribution in [0, 0.1) is 0 Å². The summed E-state index contributed by atoms with van der Waals surface area (Å²) < 4.78 is 1.47. The van der Waals surface area contributed by atoms with Crippen LogP contribution in [0.25, 0.3) is 0 Å². The zero-order chi connectivity index (χ0) is 15.4. The molecule has 8 heteroatoms. The largest absolute Gasteiger partial charge is 0.479 e. The first kappa shape index (κ1) is 14.5. The fourth-order valence-electron chi connectivity index (χ4n) is 1.77. The molecule has 0 saturated heterocycles. The highest BCUT2D eigenvalue weighted by atomic mass is 16.4. The maximum Gasteiger partial charge on any atom is 0.331 e. The average molecular weight is 289 g/mol. The minimum atomic E-state index is -1.16. The van der Waals surface area contributed by atoms with Crippen molar-refractivity contribution >= 4 is 17.7 Å². The second-order valence-electron chi connectivity index (χ2n) is 4.44. The van der Waals surface area contributed by atoms with E-state index in [4.69, 9.17) is 0 Å². The van der Waals surface area contributed by atoms with Crippen LogP contribution >= 0.6 is 0 Å². The van der Waals surface area contributed by atoms with E-state index in [1.165, 1.54) is 29.0 Å². The van der Waals surface area contributed by atoms with Gasteiger partial charge in [-0.05, 0) is 12.1 Å². The van der Waals surface area contributed by atoms with Crippen LogP contribution in [0.1, 0.15) is 11.6 Å². The monoisotopic (exact) mass is 289 g/mol. The van der Waals surface area contributed by atoms with Gasteiger partial charge in [0.15, 0.2) is 6.04 Å². The number of carboxylic acid groups (broad SMARTS) is 1. The highest BCUT2D eigenvalue weighted by Crippen LogP contribution is 2.14. The number of urea groups is 1. The fourth-order valence-corrected chi connectivity index (χ4v) is 1.77. The summed E-state index contributed by atoms with van der Waals surface area (Å²) in [6.45, 7) is 0. The van der Waals surface area contributed by atoms with Gasteiger partial charge in [0.05, 0.1) is 18.1 Å². The Balaban J connectivity index is 2.14. The number of anilines is 1. The number of rotatable bonds is 4. The molecule has 2 aromatic rings. The van der Waals surface area contributed by atoms with Crippen LogP contribution in [0.15, 0.2) is 36.9 Å². The van der Waals surface area contributed by atoms with Crippen LogP contribution in [-0.2, 0) is 11.8 Å². The number of hydrogen-bond acceptors (Lipinski definition) is 4. The van der Waals surface area contributed by atoms with E-state index in [2.05, 4.69) is 15.4 Å². The number of nitrogens with one attached hydrogen (secondary N) is 1. The minimum absolute atomic E-state index is 0.401. The van der Waals surface area contributed by atoms with Gasteiger partial charge in [-0.2, -0.15) is 5.10 Å². The van der Waals surface area contributed by atoms with E-state index in [1.54, 1.807) is 31.6 Å². The first-order valence-electron chi connectivity index (χ1n) is 6.14. The summed E-state index contributed by atoms with van der Waals surface area (Å²) in [6.07, 6.45) is 6.05. The lowest BCUT2D eigenvalue weighted by Gasteiger charge is -2.20. The van der Waals surface area contributed by atoms with E-state index in [0.29, 0.717) is 11.3 Å². The summed E-state index contributed by atoms with van der Waals surface area (Å²) in [5.74, 6) is -1.16. The topological polar surface area (TPSA) is 100 Å². The molecule has 2 rings (SSSR count). The summed E-state index contributed by atoms with van der Waals surface area (Å²) in [7, 11) is 3.21. The molecule has 0 aliphatic carbocycles. The van der Waals surface area contributed by atoms with Gasteiger partial charge >= 0.3 is 12.0 Å². The molecular weight excluding hydrogens is 274 g/mol. The molecule has 0 saturated carbocycles. The molecule has 2 aromatic heterocycles. The fraction of sp³-hybridized carbons (Fsp3) is 0.231. The molecule has 0 aliphatic heterocycles. The van der Waals surface area contributed by atoms with E-state index in [0.717, 1.165) is 0 Å². The van der Waals surface area contributed by atoms with Crippen molar-refractivity contribution in [1.82, 2.24) is 20.1 Å². The van der Waals surface area contributed by atoms with E-state index < -0.39 is 18.0 Å². The van der Waals surface area contributed by atoms with Crippen molar-refractivity contribution < 1.29 is 14.7 Å². The number of hydrogen-bond donors (Lipinski definition) is 2. The number of nitrogens with zero attached hydrogens (tertiary/aromatic N) is 4. The molecule has 110 valence electrons. The van der Waals surface area contributed by atoms with Crippen molar-refractivity contribution in [1.29, 1.82) is 0 Å². The van der Waals surface area contributed by atoms with E-state index in [1.807, 2.05) is 0 Å². The Labute approximate surface area is 121 Å². The minimum Gasteiger partial charge on any atom is -0.479 e. The number of carbonyl (C=O) groups is 2. The number of carbonyl (C=O) groups excluding carboxylic acids is 1. The van der Waals surface area contributed by atoms with Gasteiger partial charge < -0.3 is 10.4 Å². The van der Waals surface area contributed by atoms with Gasteiger partial charge in [0, 0.05) is 32.1 Å². The number of aliphatic carboxylic acids is 1.